The highest BCUT2D eigenvalue weighted by molar-refractivity contribution is 9.10. The number of rotatable bonds is 6. The maximum atomic E-state index is 14.4. The maximum Gasteiger partial charge on any atom is 0.313 e. The highest BCUT2D eigenvalue weighted by Crippen LogP contribution is 2.57. The number of ether oxygens (including phenoxy) is 1. The Morgan fingerprint density at radius 1 is 1.04 bits per heavy atom. The van der Waals surface area contributed by atoms with E-state index in [1.165, 1.54) is 0 Å². The third-order valence-electron chi connectivity index (χ3n) is 9.35. The van der Waals surface area contributed by atoms with Crippen molar-refractivity contribution in [1.82, 2.24) is 19.9 Å². The third-order valence-corrected chi connectivity index (χ3v) is 9.88. The number of hydrogen-bond acceptors (Lipinski definition) is 7. The molecule has 9 nitrogen and oxygen atoms in total. The number of amides is 1. The SMILES string of the molecule is CCOC(=O)[C@]12CC(=O)[C@@H]3C[C@@H](n4nc(Br)c(-c5ccccc5)n4)CN3C(=O)[C@@H](Nc3ccccc3)CCCCC/C=C\[C@@H]1C2. The van der Waals surface area contributed by atoms with Crippen LogP contribution in [-0.2, 0) is 19.1 Å². The van der Waals surface area contributed by atoms with Crippen molar-refractivity contribution in [2.24, 2.45) is 11.3 Å². The Morgan fingerprint density at radius 2 is 1.80 bits per heavy atom. The molecule has 1 aromatic heterocycles. The Labute approximate surface area is 272 Å². The Bertz CT molecular complexity index is 1540. The van der Waals surface area contributed by atoms with E-state index in [0.717, 1.165) is 36.9 Å². The first kappa shape index (κ1) is 31.2. The van der Waals surface area contributed by atoms with Gasteiger partial charge in [-0.15, -0.1) is 5.10 Å². The number of nitrogens with one attached hydrogen (secondary N) is 1. The van der Waals surface area contributed by atoms with Crippen molar-refractivity contribution >= 4 is 39.3 Å². The molecule has 2 aromatic carbocycles. The van der Waals surface area contributed by atoms with E-state index in [0.29, 0.717) is 36.1 Å². The van der Waals surface area contributed by atoms with Gasteiger partial charge in [-0.2, -0.15) is 9.90 Å². The molecular weight excluding hydrogens is 634 g/mol. The molecule has 0 bridgehead atoms. The smallest absolute Gasteiger partial charge is 0.313 e. The number of para-hydroxylation sites is 1. The van der Waals surface area contributed by atoms with Crippen molar-refractivity contribution in [3.8, 4) is 11.3 Å². The Balaban J connectivity index is 1.33. The van der Waals surface area contributed by atoms with E-state index in [-0.39, 0.29) is 42.6 Å². The first-order chi connectivity index (χ1) is 21.9. The van der Waals surface area contributed by atoms with Gasteiger partial charge in [0.15, 0.2) is 10.4 Å². The van der Waals surface area contributed by atoms with Crippen molar-refractivity contribution < 1.29 is 19.1 Å². The second-order valence-corrected chi connectivity index (χ2v) is 13.1. The molecule has 1 saturated heterocycles. The first-order valence-corrected chi connectivity index (χ1v) is 16.9. The Morgan fingerprint density at radius 3 is 2.56 bits per heavy atom. The standard InChI is InChI=1S/C35H40BrN5O4/c1-2-45-34(44)35-21-25(35)16-10-4-3-5-13-19-28(37-26-17-11-7-12-18-26)33(43)40-23-27(20-29(40)30(42)22-35)41-38-31(32(36)39-41)24-14-8-6-9-15-24/h6-12,14-18,25,27-29,37H,2-5,13,19-23H2,1H3/b16-10-/t25-,27-,28+,29+,35-/m1/s1. The lowest BCUT2D eigenvalue weighted by Gasteiger charge is -2.30. The lowest BCUT2D eigenvalue weighted by Crippen LogP contribution is -2.48. The van der Waals surface area contributed by atoms with Gasteiger partial charge in [-0.1, -0.05) is 73.5 Å². The van der Waals surface area contributed by atoms with Gasteiger partial charge in [0.2, 0.25) is 5.91 Å². The van der Waals surface area contributed by atoms with Crippen LogP contribution in [-0.4, -0.2) is 62.8 Å². The number of ketones is 1. The minimum Gasteiger partial charge on any atom is -0.466 e. The van der Waals surface area contributed by atoms with E-state index >= 15 is 0 Å². The lowest BCUT2D eigenvalue weighted by molar-refractivity contribution is -0.152. The van der Waals surface area contributed by atoms with Crippen LogP contribution in [0.15, 0.2) is 77.4 Å². The molecule has 1 saturated carbocycles. The van der Waals surface area contributed by atoms with Gasteiger partial charge in [0.05, 0.1) is 24.1 Å². The number of fused-ring (bicyclic) bond motifs is 2. The summed E-state index contributed by atoms with van der Waals surface area (Å²) in [5, 5.41) is 12.9. The molecule has 45 heavy (non-hydrogen) atoms. The van der Waals surface area contributed by atoms with Gasteiger partial charge in [-0.05, 0) is 66.6 Å². The molecule has 236 valence electrons. The average molecular weight is 675 g/mol. The largest absolute Gasteiger partial charge is 0.466 e. The number of benzene rings is 2. The van der Waals surface area contributed by atoms with E-state index in [2.05, 4.69) is 38.5 Å². The first-order valence-electron chi connectivity index (χ1n) is 16.1. The van der Waals surface area contributed by atoms with Crippen molar-refractivity contribution in [3.63, 3.8) is 0 Å². The average Bonchev–Trinajstić information content (AvgIpc) is 3.35. The summed E-state index contributed by atoms with van der Waals surface area (Å²) in [6, 6.07) is 18.0. The van der Waals surface area contributed by atoms with Crippen LogP contribution >= 0.6 is 15.9 Å². The number of allylic oxidation sites excluding steroid dienone is 2. The summed E-state index contributed by atoms with van der Waals surface area (Å²) in [5.74, 6) is -0.576. The van der Waals surface area contributed by atoms with Crippen LogP contribution in [0.1, 0.15) is 64.3 Å². The highest BCUT2D eigenvalue weighted by Gasteiger charge is 2.61. The minimum absolute atomic E-state index is 0.0309. The fourth-order valence-electron chi connectivity index (χ4n) is 6.81. The second-order valence-electron chi connectivity index (χ2n) is 12.4. The molecule has 0 unspecified atom stereocenters. The molecule has 6 rings (SSSR count). The monoisotopic (exact) mass is 673 g/mol. The summed E-state index contributed by atoms with van der Waals surface area (Å²) in [5.41, 5.74) is 1.62. The van der Waals surface area contributed by atoms with Crippen molar-refractivity contribution in [3.05, 3.63) is 77.4 Å². The van der Waals surface area contributed by atoms with E-state index in [1.807, 2.05) is 60.7 Å². The quantitative estimate of drug-likeness (QED) is 0.239. The van der Waals surface area contributed by atoms with Gasteiger partial charge in [0, 0.05) is 30.6 Å². The summed E-state index contributed by atoms with van der Waals surface area (Å²) in [6.07, 6.45) is 9.66. The van der Waals surface area contributed by atoms with Crippen LogP contribution in [0.3, 0.4) is 0 Å². The second kappa shape index (κ2) is 13.7. The van der Waals surface area contributed by atoms with Crippen molar-refractivity contribution in [2.75, 3.05) is 18.5 Å². The number of carbonyl (C=O) groups is 3. The molecule has 1 N–H and O–H groups in total. The van der Waals surface area contributed by atoms with E-state index in [4.69, 9.17) is 9.84 Å². The van der Waals surface area contributed by atoms with Crippen LogP contribution in [0.5, 0.6) is 0 Å². The number of Topliss-reactive ketones (excluding diaryl/α,β-unsaturated/α-hetero) is 1. The number of esters is 1. The summed E-state index contributed by atoms with van der Waals surface area (Å²) >= 11 is 3.57. The molecule has 1 amide bonds. The van der Waals surface area contributed by atoms with Crippen LogP contribution in [0.25, 0.3) is 11.3 Å². The van der Waals surface area contributed by atoms with Gasteiger partial charge in [0.25, 0.3) is 0 Å². The molecule has 1 aliphatic carbocycles. The molecule has 0 spiro atoms. The van der Waals surface area contributed by atoms with Crippen LogP contribution in [0, 0.1) is 11.3 Å². The number of aromatic nitrogens is 3. The summed E-state index contributed by atoms with van der Waals surface area (Å²) in [6.45, 7) is 2.35. The molecule has 2 aliphatic heterocycles. The van der Waals surface area contributed by atoms with Gasteiger partial charge in [-0.3, -0.25) is 14.4 Å². The maximum absolute atomic E-state index is 14.4. The summed E-state index contributed by atoms with van der Waals surface area (Å²) in [7, 11) is 0. The minimum atomic E-state index is -0.869. The van der Waals surface area contributed by atoms with Crippen molar-refractivity contribution in [2.45, 2.75) is 76.4 Å². The van der Waals surface area contributed by atoms with E-state index < -0.39 is 17.5 Å². The Hall–Kier alpha value is -3.79. The summed E-state index contributed by atoms with van der Waals surface area (Å²) in [4.78, 5) is 45.3. The predicted octanol–water partition coefficient (Wildman–Crippen LogP) is 6.38. The topological polar surface area (TPSA) is 106 Å². The molecule has 10 heteroatoms. The number of halogens is 1. The molecule has 5 atom stereocenters. The van der Waals surface area contributed by atoms with Crippen LogP contribution in [0.2, 0.25) is 0 Å². The van der Waals surface area contributed by atoms with Gasteiger partial charge in [0.1, 0.15) is 11.7 Å². The lowest BCUT2D eigenvalue weighted by atomic mass is 9.91. The molecule has 3 heterocycles. The zero-order chi connectivity index (χ0) is 31.4. The molecular formula is C35H40BrN5O4. The van der Waals surface area contributed by atoms with Gasteiger partial charge in [-0.25, -0.2) is 0 Å². The fourth-order valence-corrected chi connectivity index (χ4v) is 7.28. The number of anilines is 1. The zero-order valence-corrected chi connectivity index (χ0v) is 27.2. The fraction of sp³-hybridized carbons (Fsp3) is 0.457. The van der Waals surface area contributed by atoms with Crippen molar-refractivity contribution in [1.29, 1.82) is 0 Å². The number of carbonyl (C=O) groups excluding carboxylic acids is 3. The summed E-state index contributed by atoms with van der Waals surface area (Å²) < 4.78 is 6.09. The number of hydrogen-bond donors (Lipinski definition) is 1. The number of nitrogens with zero attached hydrogens (tertiary/aromatic N) is 4. The van der Waals surface area contributed by atoms with E-state index in [1.54, 1.807) is 16.6 Å². The zero-order valence-electron chi connectivity index (χ0n) is 25.6. The predicted molar refractivity (Wildman–Crippen MR) is 175 cm³/mol. The molecule has 2 fully saturated rings. The normalized spacial score (nSPS) is 27.9. The van der Waals surface area contributed by atoms with Gasteiger partial charge < -0.3 is 15.0 Å². The van der Waals surface area contributed by atoms with E-state index in [9.17, 15) is 14.4 Å². The van der Waals surface area contributed by atoms with Crippen LogP contribution in [0.4, 0.5) is 5.69 Å². The Kier molecular flexibility index (Phi) is 9.49. The van der Waals surface area contributed by atoms with Crippen LogP contribution < -0.4 is 5.32 Å². The molecule has 3 aromatic rings. The molecule has 3 aliphatic rings. The van der Waals surface area contributed by atoms with Gasteiger partial charge >= 0.3 is 5.97 Å². The highest BCUT2D eigenvalue weighted by atomic mass is 79.9. The third kappa shape index (κ3) is 6.76. The molecule has 0 radical (unpaired) electrons.